The van der Waals surface area contributed by atoms with E-state index >= 15 is 0 Å². The summed E-state index contributed by atoms with van der Waals surface area (Å²) in [7, 11) is 0. The summed E-state index contributed by atoms with van der Waals surface area (Å²) in [5.74, 6) is 0. The van der Waals surface area contributed by atoms with Crippen LogP contribution in [0.25, 0.3) is 0 Å². The number of rotatable bonds is 2. The van der Waals surface area contributed by atoms with Crippen LogP contribution < -0.4 is 5.32 Å². The Kier molecular flexibility index (Phi) is 7.31. The maximum atomic E-state index is 6.22. The second-order valence-electron chi connectivity index (χ2n) is 7.10. The molecule has 4 rings (SSSR count). The van der Waals surface area contributed by atoms with Gasteiger partial charge in [-0.3, -0.25) is 0 Å². The Bertz CT molecular complexity index is 467. The van der Waals surface area contributed by atoms with Gasteiger partial charge in [0.25, 0.3) is 0 Å². The third-order valence-electron chi connectivity index (χ3n) is 5.86. The number of piperidine rings is 2. The molecule has 0 amide bonds. The van der Waals surface area contributed by atoms with E-state index in [0.717, 1.165) is 19.7 Å². The molecule has 1 spiro atoms. The smallest absolute Gasteiger partial charge is 0.119 e. The Morgan fingerprint density at radius 2 is 1.62 bits per heavy atom. The Balaban J connectivity index is 0.00000104. The molecule has 4 heterocycles. The zero-order valence-electron chi connectivity index (χ0n) is 14.1. The fraction of sp³-hybridized carbons (Fsp3) is 0.875. The first-order chi connectivity index (χ1) is 10.8. The van der Waals surface area contributed by atoms with E-state index in [9.17, 15) is 0 Å². The molecule has 1 atom stereocenters. The highest BCUT2D eigenvalue weighted by Gasteiger charge is 2.40. The molecule has 8 heteroatoms. The maximum Gasteiger partial charge on any atom is 0.119 e. The van der Waals surface area contributed by atoms with E-state index in [1.807, 2.05) is 12.7 Å². The predicted octanol–water partition coefficient (Wildman–Crippen LogP) is 2.06. The van der Waals surface area contributed by atoms with Gasteiger partial charge in [0.15, 0.2) is 0 Å². The van der Waals surface area contributed by atoms with Crippen LogP contribution in [0.4, 0.5) is 0 Å². The molecule has 138 valence electrons. The molecule has 1 aromatic rings. The molecule has 6 nitrogen and oxygen atoms in total. The Labute approximate surface area is 156 Å². The van der Waals surface area contributed by atoms with Crippen LogP contribution in [0.15, 0.2) is 12.7 Å². The van der Waals surface area contributed by atoms with Crippen LogP contribution in [0.5, 0.6) is 0 Å². The van der Waals surface area contributed by atoms with Crippen molar-refractivity contribution in [3.05, 3.63) is 12.7 Å². The van der Waals surface area contributed by atoms with E-state index in [1.165, 1.54) is 51.6 Å². The molecule has 1 unspecified atom stereocenters. The fourth-order valence-electron chi connectivity index (χ4n) is 4.49. The molecule has 1 N–H and O–H groups in total. The number of nitrogens with zero attached hydrogens (tertiary/aromatic N) is 4. The minimum Gasteiger partial charge on any atom is -0.375 e. The first-order valence-corrected chi connectivity index (χ1v) is 8.78. The van der Waals surface area contributed by atoms with Crippen LogP contribution in [0, 0.1) is 0 Å². The lowest BCUT2D eigenvalue weighted by molar-refractivity contribution is -0.122. The van der Waals surface area contributed by atoms with Crippen molar-refractivity contribution in [2.75, 3.05) is 32.8 Å². The van der Waals surface area contributed by atoms with Gasteiger partial charge in [0.1, 0.15) is 12.7 Å². The summed E-state index contributed by atoms with van der Waals surface area (Å²) in [4.78, 5) is 2.72. The van der Waals surface area contributed by atoms with Crippen molar-refractivity contribution in [1.29, 1.82) is 0 Å². The monoisotopic (exact) mass is 377 g/mol. The van der Waals surface area contributed by atoms with E-state index in [2.05, 4.69) is 25.0 Å². The number of hydrogen-bond acceptors (Lipinski definition) is 5. The van der Waals surface area contributed by atoms with Crippen LogP contribution in [-0.4, -0.2) is 64.1 Å². The van der Waals surface area contributed by atoms with E-state index in [4.69, 9.17) is 4.74 Å². The summed E-state index contributed by atoms with van der Waals surface area (Å²) in [6.45, 7) is 5.56. The Morgan fingerprint density at radius 3 is 2.29 bits per heavy atom. The van der Waals surface area contributed by atoms with Crippen molar-refractivity contribution in [2.24, 2.45) is 0 Å². The molecule has 0 aromatic carbocycles. The van der Waals surface area contributed by atoms with Crippen molar-refractivity contribution in [3.8, 4) is 0 Å². The van der Waals surface area contributed by atoms with Gasteiger partial charge in [-0.15, -0.1) is 35.0 Å². The SMILES string of the molecule is Cl.Cl.c1nncn1C1CCN(C2CCOC3(CCNCC3)C2)CC1. The average molecular weight is 378 g/mol. The number of nitrogens with one attached hydrogen (secondary N) is 1. The van der Waals surface area contributed by atoms with E-state index in [0.29, 0.717) is 12.1 Å². The number of likely N-dealkylation sites (tertiary alicyclic amines) is 1. The molecular weight excluding hydrogens is 349 g/mol. The summed E-state index contributed by atoms with van der Waals surface area (Å²) in [5, 5.41) is 11.3. The average Bonchev–Trinajstić information content (AvgIpc) is 3.10. The van der Waals surface area contributed by atoms with Crippen molar-refractivity contribution in [2.45, 2.75) is 56.2 Å². The second-order valence-corrected chi connectivity index (χ2v) is 7.10. The van der Waals surface area contributed by atoms with Gasteiger partial charge in [0.2, 0.25) is 0 Å². The number of hydrogen-bond donors (Lipinski definition) is 1. The number of halogens is 2. The summed E-state index contributed by atoms with van der Waals surface area (Å²) in [6, 6.07) is 1.30. The van der Waals surface area contributed by atoms with Gasteiger partial charge in [-0.25, -0.2) is 0 Å². The van der Waals surface area contributed by atoms with Gasteiger partial charge in [-0.2, -0.15) is 0 Å². The molecule has 0 aliphatic carbocycles. The lowest BCUT2D eigenvalue weighted by Gasteiger charge is -2.48. The maximum absolute atomic E-state index is 6.22. The van der Waals surface area contributed by atoms with Crippen molar-refractivity contribution in [1.82, 2.24) is 25.0 Å². The second kappa shape index (κ2) is 8.81. The zero-order chi connectivity index (χ0) is 14.8. The van der Waals surface area contributed by atoms with Gasteiger partial charge in [-0.05, 0) is 51.6 Å². The lowest BCUT2D eigenvalue weighted by Crippen LogP contribution is -2.54. The molecule has 3 saturated heterocycles. The van der Waals surface area contributed by atoms with Gasteiger partial charge < -0.3 is 19.5 Å². The highest BCUT2D eigenvalue weighted by molar-refractivity contribution is 5.85. The van der Waals surface area contributed by atoms with Crippen molar-refractivity contribution >= 4 is 24.8 Å². The van der Waals surface area contributed by atoms with Crippen molar-refractivity contribution < 1.29 is 4.74 Å². The van der Waals surface area contributed by atoms with Crippen LogP contribution in [0.2, 0.25) is 0 Å². The molecule has 24 heavy (non-hydrogen) atoms. The Hall–Kier alpha value is -0.400. The largest absolute Gasteiger partial charge is 0.375 e. The summed E-state index contributed by atoms with van der Waals surface area (Å²) < 4.78 is 8.40. The lowest BCUT2D eigenvalue weighted by atomic mass is 9.82. The van der Waals surface area contributed by atoms with E-state index < -0.39 is 0 Å². The number of aromatic nitrogens is 3. The van der Waals surface area contributed by atoms with Crippen LogP contribution >= 0.6 is 24.8 Å². The third-order valence-corrected chi connectivity index (χ3v) is 5.86. The van der Waals surface area contributed by atoms with Crippen LogP contribution in [0.1, 0.15) is 44.6 Å². The standard InChI is InChI=1S/C16H27N5O.2ClH/c1-8-20(9-2-14(1)21-12-18-19-13-21)15-3-10-22-16(11-15)4-6-17-7-5-16;;/h12-15,17H,1-11H2;2*1H. The summed E-state index contributed by atoms with van der Waals surface area (Å²) in [6.07, 6.45) is 10.9. The van der Waals surface area contributed by atoms with E-state index in [-0.39, 0.29) is 30.4 Å². The predicted molar refractivity (Wildman–Crippen MR) is 98.2 cm³/mol. The minimum atomic E-state index is 0. The molecule has 0 bridgehead atoms. The molecule has 1 aromatic heterocycles. The molecule has 3 aliphatic rings. The van der Waals surface area contributed by atoms with Gasteiger partial charge in [0, 0.05) is 31.8 Å². The molecule has 3 aliphatic heterocycles. The highest BCUT2D eigenvalue weighted by atomic mass is 35.5. The quantitative estimate of drug-likeness (QED) is 0.854. The molecule has 0 saturated carbocycles. The van der Waals surface area contributed by atoms with Crippen LogP contribution in [0.3, 0.4) is 0 Å². The normalized spacial score (nSPS) is 28.1. The topological polar surface area (TPSA) is 55.2 Å². The van der Waals surface area contributed by atoms with E-state index in [1.54, 1.807) is 0 Å². The molecule has 3 fully saturated rings. The van der Waals surface area contributed by atoms with Gasteiger partial charge in [0.05, 0.1) is 5.60 Å². The Morgan fingerprint density at radius 1 is 0.958 bits per heavy atom. The molecular formula is C16H29Cl2N5O. The third kappa shape index (κ3) is 4.22. The highest BCUT2D eigenvalue weighted by Crippen LogP contribution is 2.36. The van der Waals surface area contributed by atoms with Gasteiger partial charge >= 0.3 is 0 Å². The molecule has 0 radical (unpaired) electrons. The van der Waals surface area contributed by atoms with Crippen molar-refractivity contribution in [3.63, 3.8) is 0 Å². The fourth-order valence-corrected chi connectivity index (χ4v) is 4.49. The summed E-state index contributed by atoms with van der Waals surface area (Å²) in [5.41, 5.74) is 0.166. The first kappa shape index (κ1) is 19.9. The minimum absolute atomic E-state index is 0. The number of ether oxygens (including phenoxy) is 1. The van der Waals surface area contributed by atoms with Gasteiger partial charge in [-0.1, -0.05) is 0 Å². The first-order valence-electron chi connectivity index (χ1n) is 8.78. The van der Waals surface area contributed by atoms with Crippen LogP contribution in [-0.2, 0) is 4.74 Å². The zero-order valence-corrected chi connectivity index (χ0v) is 15.7. The summed E-state index contributed by atoms with van der Waals surface area (Å²) >= 11 is 0.